The summed E-state index contributed by atoms with van der Waals surface area (Å²) in [4.78, 5) is 10.4. The van der Waals surface area contributed by atoms with E-state index >= 15 is 0 Å². The Hall–Kier alpha value is -1.56. The number of aliphatic hydroxyl groups is 1. The molecule has 108 valence electrons. The predicted octanol–water partition coefficient (Wildman–Crippen LogP) is 1.51. The molecule has 0 fully saturated rings. The second-order valence-electron chi connectivity index (χ2n) is 4.57. The Morgan fingerprint density at radius 3 is 2.79 bits per heavy atom. The highest BCUT2D eigenvalue weighted by Crippen LogP contribution is 2.31. The van der Waals surface area contributed by atoms with Crippen molar-refractivity contribution >= 4 is 11.6 Å². The Morgan fingerprint density at radius 2 is 2.21 bits per heavy atom. The molecule has 2 N–H and O–H groups in total. The van der Waals surface area contributed by atoms with Gasteiger partial charge in [-0.2, -0.15) is 0 Å². The molecule has 0 radical (unpaired) electrons. The Bertz CT molecular complexity index is 385. The Labute approximate surface area is 114 Å². The topological polar surface area (TPSA) is 70.5 Å². The van der Waals surface area contributed by atoms with Crippen molar-refractivity contribution < 1.29 is 9.84 Å². The monoisotopic (exact) mass is 268 g/mol. The number of nitrogens with one attached hydrogen (secondary N) is 1. The second-order valence-corrected chi connectivity index (χ2v) is 4.57. The van der Waals surface area contributed by atoms with Crippen molar-refractivity contribution in [2.24, 2.45) is 0 Å². The molecule has 1 heterocycles. The Kier molecular flexibility index (Phi) is 6.35. The zero-order chi connectivity index (χ0) is 14.3. The van der Waals surface area contributed by atoms with Gasteiger partial charge in [-0.15, -0.1) is 0 Å². The lowest BCUT2D eigenvalue weighted by atomic mass is 10.2. The summed E-state index contributed by atoms with van der Waals surface area (Å²) < 4.78 is 5.41. The van der Waals surface area contributed by atoms with E-state index in [-0.39, 0.29) is 6.10 Å². The average molecular weight is 268 g/mol. The smallest absolute Gasteiger partial charge is 0.204 e. The van der Waals surface area contributed by atoms with E-state index in [1.807, 2.05) is 11.9 Å². The van der Waals surface area contributed by atoms with E-state index < -0.39 is 0 Å². The van der Waals surface area contributed by atoms with Crippen LogP contribution in [0.25, 0.3) is 0 Å². The molecule has 0 aromatic carbocycles. The van der Waals surface area contributed by atoms with Crippen LogP contribution in [0.5, 0.6) is 5.75 Å². The van der Waals surface area contributed by atoms with E-state index in [1.165, 1.54) is 6.33 Å². The number of hydrogen-bond donors (Lipinski definition) is 2. The quantitative estimate of drug-likeness (QED) is 0.745. The van der Waals surface area contributed by atoms with Crippen LogP contribution in [-0.4, -0.2) is 48.4 Å². The van der Waals surface area contributed by atoms with Crippen molar-refractivity contribution in [1.29, 1.82) is 0 Å². The Morgan fingerprint density at radius 1 is 1.47 bits per heavy atom. The number of ether oxygens (including phenoxy) is 1. The minimum Gasteiger partial charge on any atom is -0.490 e. The zero-order valence-electron chi connectivity index (χ0n) is 12.2. The molecule has 1 aromatic heterocycles. The number of rotatable bonds is 8. The van der Waals surface area contributed by atoms with E-state index in [0.717, 1.165) is 18.8 Å². The normalized spacial score (nSPS) is 12.1. The van der Waals surface area contributed by atoms with E-state index in [1.54, 1.807) is 14.0 Å². The lowest BCUT2D eigenvalue weighted by Gasteiger charge is -2.22. The van der Waals surface area contributed by atoms with Gasteiger partial charge in [-0.05, 0) is 19.8 Å². The molecule has 0 saturated heterocycles. The lowest BCUT2D eigenvalue weighted by Crippen LogP contribution is -2.24. The first-order chi connectivity index (χ1) is 9.10. The zero-order valence-corrected chi connectivity index (χ0v) is 12.2. The van der Waals surface area contributed by atoms with Gasteiger partial charge >= 0.3 is 0 Å². The van der Waals surface area contributed by atoms with Crippen LogP contribution in [0.4, 0.5) is 11.6 Å². The second kappa shape index (κ2) is 7.78. The molecule has 6 nitrogen and oxygen atoms in total. The summed E-state index contributed by atoms with van der Waals surface area (Å²) in [7, 11) is 3.54. The molecule has 0 saturated carbocycles. The summed E-state index contributed by atoms with van der Waals surface area (Å²) >= 11 is 0. The first kappa shape index (κ1) is 15.5. The van der Waals surface area contributed by atoms with Gasteiger partial charge in [-0.3, -0.25) is 0 Å². The predicted molar refractivity (Wildman–Crippen MR) is 76.9 cm³/mol. The molecule has 0 amide bonds. The highest BCUT2D eigenvalue weighted by Gasteiger charge is 2.15. The largest absolute Gasteiger partial charge is 0.490 e. The molecule has 0 aliphatic heterocycles. The van der Waals surface area contributed by atoms with Gasteiger partial charge in [0.05, 0.1) is 13.2 Å². The minimum absolute atomic E-state index is 0.326. The molecule has 19 heavy (non-hydrogen) atoms. The SMILES string of the molecule is CCCNc1ncnc(N(C)CCC(C)O)c1OC. The molecule has 0 spiro atoms. The minimum atomic E-state index is -0.326. The first-order valence-electron chi connectivity index (χ1n) is 6.62. The average Bonchev–Trinajstić information content (AvgIpc) is 2.41. The number of anilines is 2. The summed E-state index contributed by atoms with van der Waals surface area (Å²) in [6.45, 7) is 5.41. The van der Waals surface area contributed by atoms with Crippen molar-refractivity contribution in [3.05, 3.63) is 6.33 Å². The molecule has 1 aromatic rings. The van der Waals surface area contributed by atoms with Crippen molar-refractivity contribution in [2.75, 3.05) is 37.5 Å². The molecule has 6 heteroatoms. The summed E-state index contributed by atoms with van der Waals surface area (Å²) in [5.41, 5.74) is 0. The standard InChI is InChI=1S/C13H24N4O2/c1-5-7-14-12-11(19-4)13(16-9-15-12)17(3)8-6-10(2)18/h9-10,18H,5-8H2,1-4H3,(H,14,15,16). The molecule has 1 atom stereocenters. The molecule has 0 aliphatic rings. The third-order valence-corrected chi connectivity index (χ3v) is 2.78. The molecule has 0 bridgehead atoms. The maximum atomic E-state index is 9.34. The molecule has 1 unspecified atom stereocenters. The van der Waals surface area contributed by atoms with Gasteiger partial charge < -0.3 is 20.1 Å². The van der Waals surface area contributed by atoms with Gasteiger partial charge in [0.25, 0.3) is 0 Å². The third kappa shape index (κ3) is 4.55. The number of hydrogen-bond acceptors (Lipinski definition) is 6. The van der Waals surface area contributed by atoms with Crippen LogP contribution in [0.2, 0.25) is 0 Å². The fraction of sp³-hybridized carbons (Fsp3) is 0.692. The number of aromatic nitrogens is 2. The number of methoxy groups -OCH3 is 1. The molecular formula is C13H24N4O2. The first-order valence-corrected chi connectivity index (χ1v) is 6.62. The summed E-state index contributed by atoms with van der Waals surface area (Å²) in [6, 6.07) is 0. The summed E-state index contributed by atoms with van der Waals surface area (Å²) in [6.07, 6.45) is 2.89. The highest BCUT2D eigenvalue weighted by atomic mass is 16.5. The van der Waals surface area contributed by atoms with Crippen molar-refractivity contribution in [3.8, 4) is 5.75 Å². The van der Waals surface area contributed by atoms with Crippen molar-refractivity contribution in [3.63, 3.8) is 0 Å². The van der Waals surface area contributed by atoms with Gasteiger partial charge in [0, 0.05) is 20.1 Å². The van der Waals surface area contributed by atoms with Gasteiger partial charge in [-0.1, -0.05) is 6.92 Å². The molecule has 0 aliphatic carbocycles. The van der Waals surface area contributed by atoms with E-state index in [2.05, 4.69) is 22.2 Å². The van der Waals surface area contributed by atoms with Crippen LogP contribution in [-0.2, 0) is 0 Å². The van der Waals surface area contributed by atoms with Gasteiger partial charge in [0.15, 0.2) is 11.6 Å². The van der Waals surface area contributed by atoms with Gasteiger partial charge in [-0.25, -0.2) is 9.97 Å². The van der Waals surface area contributed by atoms with Crippen LogP contribution in [0, 0.1) is 0 Å². The third-order valence-electron chi connectivity index (χ3n) is 2.78. The number of nitrogens with zero attached hydrogens (tertiary/aromatic N) is 3. The number of aliphatic hydroxyl groups excluding tert-OH is 1. The van der Waals surface area contributed by atoms with E-state index in [9.17, 15) is 5.11 Å². The van der Waals surface area contributed by atoms with Gasteiger partial charge in [0.1, 0.15) is 6.33 Å². The van der Waals surface area contributed by atoms with Crippen LogP contribution >= 0.6 is 0 Å². The summed E-state index contributed by atoms with van der Waals surface area (Å²) in [5, 5.41) is 12.6. The maximum absolute atomic E-state index is 9.34. The summed E-state index contributed by atoms with van der Waals surface area (Å²) in [5.74, 6) is 2.08. The fourth-order valence-electron chi connectivity index (χ4n) is 1.68. The van der Waals surface area contributed by atoms with Gasteiger partial charge in [0.2, 0.25) is 5.75 Å². The fourth-order valence-corrected chi connectivity index (χ4v) is 1.68. The maximum Gasteiger partial charge on any atom is 0.204 e. The van der Waals surface area contributed by atoms with Crippen molar-refractivity contribution in [1.82, 2.24) is 9.97 Å². The van der Waals surface area contributed by atoms with E-state index in [4.69, 9.17) is 4.74 Å². The van der Waals surface area contributed by atoms with Crippen LogP contribution in [0.3, 0.4) is 0 Å². The van der Waals surface area contributed by atoms with Crippen LogP contribution in [0.1, 0.15) is 26.7 Å². The Balaban J connectivity index is 2.86. The molecule has 1 rings (SSSR count). The highest BCUT2D eigenvalue weighted by molar-refractivity contribution is 5.64. The van der Waals surface area contributed by atoms with Crippen LogP contribution in [0.15, 0.2) is 6.33 Å². The van der Waals surface area contributed by atoms with Crippen LogP contribution < -0.4 is 15.0 Å². The lowest BCUT2D eigenvalue weighted by molar-refractivity contribution is 0.186. The molecular weight excluding hydrogens is 244 g/mol. The van der Waals surface area contributed by atoms with Crippen molar-refractivity contribution in [2.45, 2.75) is 32.8 Å². The van der Waals surface area contributed by atoms with E-state index in [0.29, 0.717) is 24.5 Å².